The van der Waals surface area contributed by atoms with Crippen molar-refractivity contribution >= 4 is 0 Å². The van der Waals surface area contributed by atoms with E-state index in [4.69, 9.17) is 5.11 Å². The van der Waals surface area contributed by atoms with Crippen LogP contribution in [0.25, 0.3) is 0 Å². The molecule has 0 radical (unpaired) electrons. The van der Waals surface area contributed by atoms with Gasteiger partial charge in [-0.3, -0.25) is 0 Å². The summed E-state index contributed by atoms with van der Waals surface area (Å²) in [5, 5.41) is 11.7. The minimum Gasteiger partial charge on any atom is -0.395 e. The SMILES string of the molecule is OCCNCCCC1CCC1. The van der Waals surface area contributed by atoms with E-state index in [-0.39, 0.29) is 6.61 Å². The number of hydrogen-bond acceptors (Lipinski definition) is 2. The van der Waals surface area contributed by atoms with Crippen LogP contribution in [0.15, 0.2) is 0 Å². The van der Waals surface area contributed by atoms with Gasteiger partial charge in [-0.15, -0.1) is 0 Å². The zero-order chi connectivity index (χ0) is 7.94. The smallest absolute Gasteiger partial charge is 0.0555 e. The molecule has 1 rings (SSSR count). The van der Waals surface area contributed by atoms with E-state index < -0.39 is 0 Å². The third kappa shape index (κ3) is 3.73. The molecule has 2 heteroatoms. The lowest BCUT2D eigenvalue weighted by Gasteiger charge is -2.24. The molecule has 0 heterocycles. The first kappa shape index (κ1) is 9.01. The summed E-state index contributed by atoms with van der Waals surface area (Å²) in [6.07, 6.45) is 7.04. The van der Waals surface area contributed by atoms with Gasteiger partial charge in [-0.2, -0.15) is 0 Å². The summed E-state index contributed by atoms with van der Waals surface area (Å²) in [7, 11) is 0. The Labute approximate surface area is 69.0 Å². The van der Waals surface area contributed by atoms with Gasteiger partial charge >= 0.3 is 0 Å². The Kier molecular flexibility index (Phi) is 4.55. The maximum atomic E-state index is 8.47. The molecule has 0 amide bonds. The van der Waals surface area contributed by atoms with Crippen LogP contribution in [0, 0.1) is 5.92 Å². The molecule has 0 bridgehead atoms. The number of rotatable bonds is 6. The van der Waals surface area contributed by atoms with Crippen LogP contribution in [-0.2, 0) is 0 Å². The molecule has 0 unspecified atom stereocenters. The number of nitrogens with one attached hydrogen (secondary N) is 1. The van der Waals surface area contributed by atoms with Crippen molar-refractivity contribution in [2.24, 2.45) is 5.92 Å². The second-order valence-electron chi connectivity index (χ2n) is 3.41. The fraction of sp³-hybridized carbons (Fsp3) is 1.00. The molecule has 0 aromatic rings. The normalized spacial score (nSPS) is 18.3. The highest BCUT2D eigenvalue weighted by Crippen LogP contribution is 2.29. The van der Waals surface area contributed by atoms with E-state index in [1.165, 1.54) is 32.1 Å². The molecular weight excluding hydrogens is 138 g/mol. The zero-order valence-corrected chi connectivity index (χ0v) is 7.18. The van der Waals surface area contributed by atoms with E-state index in [1.54, 1.807) is 0 Å². The predicted octanol–water partition coefficient (Wildman–Crippen LogP) is 1.15. The first-order valence-electron chi connectivity index (χ1n) is 4.75. The summed E-state index contributed by atoms with van der Waals surface area (Å²) < 4.78 is 0. The maximum absolute atomic E-state index is 8.47. The Hall–Kier alpha value is -0.0800. The second-order valence-corrected chi connectivity index (χ2v) is 3.41. The number of aliphatic hydroxyl groups excluding tert-OH is 1. The molecule has 0 atom stereocenters. The first-order chi connectivity index (χ1) is 5.43. The molecule has 1 saturated carbocycles. The van der Waals surface area contributed by atoms with Gasteiger partial charge in [-0.1, -0.05) is 19.3 Å². The van der Waals surface area contributed by atoms with Crippen molar-refractivity contribution in [1.82, 2.24) is 5.32 Å². The van der Waals surface area contributed by atoms with E-state index >= 15 is 0 Å². The molecule has 1 aliphatic carbocycles. The topological polar surface area (TPSA) is 32.3 Å². The van der Waals surface area contributed by atoms with Crippen molar-refractivity contribution in [2.45, 2.75) is 32.1 Å². The van der Waals surface area contributed by atoms with Crippen molar-refractivity contribution in [2.75, 3.05) is 19.7 Å². The van der Waals surface area contributed by atoms with Gasteiger partial charge in [-0.25, -0.2) is 0 Å². The zero-order valence-electron chi connectivity index (χ0n) is 7.18. The van der Waals surface area contributed by atoms with Crippen LogP contribution in [0.2, 0.25) is 0 Å². The molecule has 1 aliphatic rings. The lowest BCUT2D eigenvalue weighted by Crippen LogP contribution is -2.21. The summed E-state index contributed by atoms with van der Waals surface area (Å²) in [6.45, 7) is 2.10. The van der Waals surface area contributed by atoms with Crippen molar-refractivity contribution < 1.29 is 5.11 Å². The highest BCUT2D eigenvalue weighted by molar-refractivity contribution is 4.69. The largest absolute Gasteiger partial charge is 0.395 e. The Morgan fingerprint density at radius 3 is 2.64 bits per heavy atom. The quantitative estimate of drug-likeness (QED) is 0.567. The monoisotopic (exact) mass is 157 g/mol. The fourth-order valence-electron chi connectivity index (χ4n) is 1.50. The summed E-state index contributed by atoms with van der Waals surface area (Å²) in [4.78, 5) is 0. The summed E-state index contributed by atoms with van der Waals surface area (Å²) in [5.41, 5.74) is 0. The van der Waals surface area contributed by atoms with Gasteiger partial charge in [0, 0.05) is 6.54 Å². The molecule has 11 heavy (non-hydrogen) atoms. The van der Waals surface area contributed by atoms with Crippen LogP contribution < -0.4 is 5.32 Å². The van der Waals surface area contributed by atoms with Gasteiger partial charge < -0.3 is 10.4 Å². The third-order valence-corrected chi connectivity index (χ3v) is 2.48. The molecule has 66 valence electrons. The molecule has 2 N–H and O–H groups in total. The van der Waals surface area contributed by atoms with Crippen LogP contribution >= 0.6 is 0 Å². The van der Waals surface area contributed by atoms with Crippen molar-refractivity contribution in [3.05, 3.63) is 0 Å². The van der Waals surface area contributed by atoms with Crippen LogP contribution in [0.4, 0.5) is 0 Å². The summed E-state index contributed by atoms with van der Waals surface area (Å²) in [5.74, 6) is 1.03. The van der Waals surface area contributed by atoms with E-state index in [0.29, 0.717) is 0 Å². The van der Waals surface area contributed by atoms with E-state index in [2.05, 4.69) is 5.32 Å². The summed E-state index contributed by atoms with van der Waals surface area (Å²) in [6, 6.07) is 0. The standard InChI is InChI=1S/C9H19NO/c11-8-7-10-6-2-5-9-3-1-4-9/h9-11H,1-8H2. The Balaban J connectivity index is 1.73. The highest BCUT2D eigenvalue weighted by Gasteiger charge is 2.15. The number of aliphatic hydroxyl groups is 1. The van der Waals surface area contributed by atoms with Crippen molar-refractivity contribution in [3.8, 4) is 0 Å². The van der Waals surface area contributed by atoms with Crippen LogP contribution in [0.3, 0.4) is 0 Å². The Morgan fingerprint density at radius 2 is 2.09 bits per heavy atom. The first-order valence-corrected chi connectivity index (χ1v) is 4.75. The molecule has 0 aromatic carbocycles. The molecule has 0 saturated heterocycles. The molecule has 0 spiro atoms. The molecular formula is C9H19NO. The second kappa shape index (κ2) is 5.56. The van der Waals surface area contributed by atoms with Crippen molar-refractivity contribution in [1.29, 1.82) is 0 Å². The minimum atomic E-state index is 0.267. The van der Waals surface area contributed by atoms with Crippen LogP contribution in [0.1, 0.15) is 32.1 Å². The van der Waals surface area contributed by atoms with Gasteiger partial charge in [0.25, 0.3) is 0 Å². The molecule has 0 aromatic heterocycles. The Bertz CT molecular complexity index is 91.6. The third-order valence-electron chi connectivity index (χ3n) is 2.48. The average Bonchev–Trinajstić information content (AvgIpc) is 1.93. The number of hydrogen-bond donors (Lipinski definition) is 2. The summed E-state index contributed by atoms with van der Waals surface area (Å²) >= 11 is 0. The highest BCUT2D eigenvalue weighted by atomic mass is 16.3. The van der Waals surface area contributed by atoms with E-state index in [0.717, 1.165) is 19.0 Å². The molecule has 1 fully saturated rings. The maximum Gasteiger partial charge on any atom is 0.0555 e. The minimum absolute atomic E-state index is 0.267. The predicted molar refractivity (Wildman–Crippen MR) is 46.5 cm³/mol. The fourth-order valence-corrected chi connectivity index (χ4v) is 1.50. The van der Waals surface area contributed by atoms with Crippen LogP contribution in [-0.4, -0.2) is 24.8 Å². The van der Waals surface area contributed by atoms with Gasteiger partial charge in [0.05, 0.1) is 6.61 Å². The lowest BCUT2D eigenvalue weighted by atomic mass is 9.82. The van der Waals surface area contributed by atoms with Gasteiger partial charge in [0.1, 0.15) is 0 Å². The van der Waals surface area contributed by atoms with E-state index in [1.807, 2.05) is 0 Å². The van der Waals surface area contributed by atoms with Crippen molar-refractivity contribution in [3.63, 3.8) is 0 Å². The molecule has 0 aliphatic heterocycles. The van der Waals surface area contributed by atoms with E-state index in [9.17, 15) is 0 Å². The average molecular weight is 157 g/mol. The Morgan fingerprint density at radius 1 is 1.27 bits per heavy atom. The van der Waals surface area contributed by atoms with Crippen LogP contribution in [0.5, 0.6) is 0 Å². The van der Waals surface area contributed by atoms with Gasteiger partial charge in [0.15, 0.2) is 0 Å². The van der Waals surface area contributed by atoms with Gasteiger partial charge in [-0.05, 0) is 25.3 Å². The molecule has 2 nitrogen and oxygen atoms in total. The lowest BCUT2D eigenvalue weighted by molar-refractivity contribution is 0.277. The van der Waals surface area contributed by atoms with Gasteiger partial charge in [0.2, 0.25) is 0 Å².